The molecule has 0 aliphatic carbocycles. The molecule has 1 aliphatic heterocycles. The van der Waals surface area contributed by atoms with Gasteiger partial charge in [-0.2, -0.15) is 0 Å². The molecule has 0 spiro atoms. The third-order valence-corrected chi connectivity index (χ3v) is 3.84. The number of ether oxygens (including phenoxy) is 1. The Morgan fingerprint density at radius 2 is 2.05 bits per heavy atom. The highest BCUT2D eigenvalue weighted by Gasteiger charge is 2.29. The predicted octanol–water partition coefficient (Wildman–Crippen LogP) is 2.16. The van der Waals surface area contributed by atoms with Crippen LogP contribution in [0.5, 0.6) is 0 Å². The third kappa shape index (κ3) is 3.36. The van der Waals surface area contributed by atoms with Crippen molar-refractivity contribution in [2.45, 2.75) is 26.3 Å². The molecule has 1 N–H and O–H groups in total. The van der Waals surface area contributed by atoms with Crippen molar-refractivity contribution >= 4 is 5.82 Å². The van der Waals surface area contributed by atoms with E-state index in [1.54, 1.807) is 6.20 Å². The molecule has 110 valence electrons. The van der Waals surface area contributed by atoms with Crippen LogP contribution in [-0.4, -0.2) is 34.2 Å². The summed E-state index contributed by atoms with van der Waals surface area (Å²) in [6.45, 7) is 5.42. The molecule has 0 bridgehead atoms. The molecule has 5 heteroatoms. The van der Waals surface area contributed by atoms with E-state index in [9.17, 15) is 0 Å². The van der Waals surface area contributed by atoms with E-state index in [-0.39, 0.29) is 6.04 Å². The van der Waals surface area contributed by atoms with E-state index >= 15 is 0 Å². The van der Waals surface area contributed by atoms with Gasteiger partial charge in [0.1, 0.15) is 5.82 Å². The van der Waals surface area contributed by atoms with Crippen molar-refractivity contribution in [1.82, 2.24) is 15.0 Å². The van der Waals surface area contributed by atoms with Gasteiger partial charge in [0.2, 0.25) is 0 Å². The highest BCUT2D eigenvalue weighted by Crippen LogP contribution is 2.23. The Balaban J connectivity index is 1.71. The number of nitrogens with zero attached hydrogens (tertiary/aromatic N) is 3. The highest BCUT2D eigenvalue weighted by molar-refractivity contribution is 5.41. The van der Waals surface area contributed by atoms with Crippen molar-refractivity contribution in [1.29, 1.82) is 0 Å². The minimum atomic E-state index is 0.271. The zero-order valence-corrected chi connectivity index (χ0v) is 12.4. The Morgan fingerprint density at radius 1 is 1.24 bits per heavy atom. The van der Waals surface area contributed by atoms with Crippen LogP contribution in [0.4, 0.5) is 5.82 Å². The van der Waals surface area contributed by atoms with Crippen molar-refractivity contribution in [2.24, 2.45) is 5.92 Å². The van der Waals surface area contributed by atoms with Crippen LogP contribution >= 0.6 is 0 Å². The summed E-state index contributed by atoms with van der Waals surface area (Å²) in [7, 11) is 0. The van der Waals surface area contributed by atoms with Gasteiger partial charge < -0.3 is 10.1 Å². The molecule has 0 amide bonds. The first-order chi connectivity index (χ1) is 10.2. The maximum Gasteiger partial charge on any atom is 0.148 e. The standard InChI is InChI=1S/C16H20N4O/c1-11-8-18-12(2)16(19-11)20-15-10-21-9-14(15)7-13-3-5-17-6-4-13/h3-6,8,14-15H,7,9-10H2,1-2H3,(H,19,20)/t14-,15-/m1/s1. The van der Waals surface area contributed by atoms with Crippen molar-refractivity contribution in [3.05, 3.63) is 47.7 Å². The summed E-state index contributed by atoms with van der Waals surface area (Å²) in [6.07, 6.45) is 6.45. The molecule has 5 nitrogen and oxygen atoms in total. The molecule has 3 heterocycles. The van der Waals surface area contributed by atoms with Gasteiger partial charge in [-0.3, -0.25) is 9.97 Å². The molecular formula is C16H20N4O. The smallest absolute Gasteiger partial charge is 0.148 e. The SMILES string of the molecule is Cc1cnc(C)c(N[C@@H]2COC[C@H]2Cc2ccncc2)n1. The van der Waals surface area contributed by atoms with E-state index in [4.69, 9.17) is 4.74 Å². The van der Waals surface area contributed by atoms with Gasteiger partial charge in [0.05, 0.1) is 30.6 Å². The third-order valence-electron chi connectivity index (χ3n) is 3.84. The summed E-state index contributed by atoms with van der Waals surface area (Å²) in [5.74, 6) is 1.30. The van der Waals surface area contributed by atoms with Gasteiger partial charge in [-0.15, -0.1) is 0 Å². The Morgan fingerprint density at radius 3 is 2.86 bits per heavy atom. The summed E-state index contributed by atoms with van der Waals surface area (Å²) in [5, 5.41) is 3.51. The van der Waals surface area contributed by atoms with Gasteiger partial charge in [0.15, 0.2) is 0 Å². The summed E-state index contributed by atoms with van der Waals surface area (Å²) < 4.78 is 5.66. The van der Waals surface area contributed by atoms with E-state index < -0.39 is 0 Å². The van der Waals surface area contributed by atoms with Gasteiger partial charge in [-0.1, -0.05) is 0 Å². The fourth-order valence-electron chi connectivity index (χ4n) is 2.63. The van der Waals surface area contributed by atoms with Crippen LogP contribution in [-0.2, 0) is 11.2 Å². The first-order valence-corrected chi connectivity index (χ1v) is 7.26. The molecule has 0 radical (unpaired) electrons. The van der Waals surface area contributed by atoms with Crippen molar-refractivity contribution in [2.75, 3.05) is 18.5 Å². The Labute approximate surface area is 124 Å². The fraction of sp³-hybridized carbons (Fsp3) is 0.438. The van der Waals surface area contributed by atoms with E-state index in [1.165, 1.54) is 5.56 Å². The van der Waals surface area contributed by atoms with Crippen molar-refractivity contribution in [3.8, 4) is 0 Å². The van der Waals surface area contributed by atoms with Crippen molar-refractivity contribution < 1.29 is 4.74 Å². The summed E-state index contributed by atoms with van der Waals surface area (Å²) >= 11 is 0. The molecule has 0 unspecified atom stereocenters. The van der Waals surface area contributed by atoms with Crippen LogP contribution in [0.25, 0.3) is 0 Å². The maximum atomic E-state index is 5.66. The molecule has 1 aliphatic rings. The Kier molecular flexibility index (Phi) is 4.10. The van der Waals surface area contributed by atoms with Crippen LogP contribution in [0.1, 0.15) is 17.0 Å². The van der Waals surface area contributed by atoms with Crippen LogP contribution in [0, 0.1) is 19.8 Å². The van der Waals surface area contributed by atoms with Crippen LogP contribution in [0.3, 0.4) is 0 Å². The van der Waals surface area contributed by atoms with Crippen LogP contribution in [0.15, 0.2) is 30.7 Å². The van der Waals surface area contributed by atoms with E-state index in [2.05, 4.69) is 32.4 Å². The number of anilines is 1. The first kappa shape index (κ1) is 13.9. The highest BCUT2D eigenvalue weighted by atomic mass is 16.5. The number of hydrogen-bond acceptors (Lipinski definition) is 5. The monoisotopic (exact) mass is 284 g/mol. The first-order valence-electron chi connectivity index (χ1n) is 7.26. The van der Waals surface area contributed by atoms with Crippen molar-refractivity contribution in [3.63, 3.8) is 0 Å². The topological polar surface area (TPSA) is 59.9 Å². The molecule has 2 atom stereocenters. The molecule has 2 aromatic rings. The Hall–Kier alpha value is -2.01. The molecule has 0 aromatic carbocycles. The van der Waals surface area contributed by atoms with E-state index in [0.29, 0.717) is 12.5 Å². The quantitative estimate of drug-likeness (QED) is 0.932. The van der Waals surface area contributed by atoms with Gasteiger partial charge >= 0.3 is 0 Å². The van der Waals surface area contributed by atoms with Crippen LogP contribution in [0.2, 0.25) is 0 Å². The Bertz CT molecular complexity index is 602. The number of nitrogens with one attached hydrogen (secondary N) is 1. The molecule has 1 saturated heterocycles. The molecule has 2 aromatic heterocycles. The average molecular weight is 284 g/mol. The number of aromatic nitrogens is 3. The van der Waals surface area contributed by atoms with Gasteiger partial charge in [-0.05, 0) is 38.0 Å². The summed E-state index contributed by atoms with van der Waals surface area (Å²) in [5.41, 5.74) is 3.14. The lowest BCUT2D eigenvalue weighted by Gasteiger charge is -2.20. The molecule has 21 heavy (non-hydrogen) atoms. The average Bonchev–Trinajstić information content (AvgIpc) is 2.91. The second-order valence-electron chi connectivity index (χ2n) is 5.55. The van der Waals surface area contributed by atoms with Gasteiger partial charge in [0.25, 0.3) is 0 Å². The van der Waals surface area contributed by atoms with Gasteiger partial charge in [-0.25, -0.2) is 4.98 Å². The molecule has 0 saturated carbocycles. The lowest BCUT2D eigenvalue weighted by molar-refractivity contribution is 0.185. The zero-order valence-electron chi connectivity index (χ0n) is 12.4. The lowest BCUT2D eigenvalue weighted by Crippen LogP contribution is -2.30. The number of pyridine rings is 1. The van der Waals surface area contributed by atoms with Gasteiger partial charge in [0, 0.05) is 24.5 Å². The second kappa shape index (κ2) is 6.18. The molecular weight excluding hydrogens is 264 g/mol. The van der Waals surface area contributed by atoms with E-state index in [1.807, 2.05) is 26.2 Å². The minimum absolute atomic E-state index is 0.271. The summed E-state index contributed by atoms with van der Waals surface area (Å²) in [6, 6.07) is 4.40. The normalized spacial score (nSPS) is 21.4. The summed E-state index contributed by atoms with van der Waals surface area (Å²) in [4.78, 5) is 13.0. The largest absolute Gasteiger partial charge is 0.379 e. The van der Waals surface area contributed by atoms with E-state index in [0.717, 1.165) is 30.2 Å². The number of aryl methyl sites for hydroxylation is 2. The fourth-order valence-corrected chi connectivity index (χ4v) is 2.63. The zero-order chi connectivity index (χ0) is 14.7. The maximum absolute atomic E-state index is 5.66. The number of rotatable bonds is 4. The number of hydrogen-bond donors (Lipinski definition) is 1. The molecule has 3 rings (SSSR count). The predicted molar refractivity (Wildman–Crippen MR) is 81.2 cm³/mol. The lowest BCUT2D eigenvalue weighted by atomic mass is 9.95. The second-order valence-corrected chi connectivity index (χ2v) is 5.55. The minimum Gasteiger partial charge on any atom is -0.379 e. The molecule has 1 fully saturated rings. The van der Waals surface area contributed by atoms with Crippen LogP contribution < -0.4 is 5.32 Å².